The first-order chi connectivity index (χ1) is 7.76. The van der Waals surface area contributed by atoms with Gasteiger partial charge in [0.2, 0.25) is 11.8 Å². The molecule has 0 fully saturated rings. The van der Waals surface area contributed by atoms with E-state index in [0.29, 0.717) is 18.3 Å². The second-order valence-electron chi connectivity index (χ2n) is 3.12. The van der Waals surface area contributed by atoms with Crippen LogP contribution in [-0.2, 0) is 4.79 Å². The average molecular weight is 224 g/mol. The van der Waals surface area contributed by atoms with Gasteiger partial charge >= 0.3 is 0 Å². The molecule has 88 valence electrons. The van der Waals surface area contributed by atoms with Crippen molar-refractivity contribution in [1.29, 1.82) is 0 Å². The van der Waals surface area contributed by atoms with E-state index in [0.717, 1.165) is 6.42 Å². The molecule has 0 radical (unpaired) electrons. The Morgan fingerprint density at radius 2 is 2.31 bits per heavy atom. The number of hydrogen-bond donors (Lipinski definition) is 2. The highest BCUT2D eigenvalue weighted by Crippen LogP contribution is 2.10. The second-order valence-corrected chi connectivity index (χ2v) is 3.12. The maximum absolute atomic E-state index is 11.0. The Morgan fingerprint density at radius 3 is 3.00 bits per heavy atom. The molecule has 0 aliphatic heterocycles. The topological polar surface area (TPSA) is 76.1 Å². The summed E-state index contributed by atoms with van der Waals surface area (Å²) >= 11 is 0. The largest absolute Gasteiger partial charge is 0.478 e. The molecule has 0 aromatic carbocycles. The zero-order chi connectivity index (χ0) is 11.8. The molecule has 0 unspecified atom stereocenters. The van der Waals surface area contributed by atoms with Gasteiger partial charge in [0.25, 0.3) is 0 Å². The van der Waals surface area contributed by atoms with Gasteiger partial charge < -0.3 is 15.4 Å². The maximum Gasteiger partial charge on any atom is 0.239 e. The normalized spacial score (nSPS) is 9.62. The van der Waals surface area contributed by atoms with E-state index in [4.69, 9.17) is 4.74 Å². The Balaban J connectivity index is 2.50. The summed E-state index contributed by atoms with van der Waals surface area (Å²) in [4.78, 5) is 18.9. The van der Waals surface area contributed by atoms with Gasteiger partial charge in [-0.05, 0) is 6.42 Å². The lowest BCUT2D eigenvalue weighted by atomic mass is 10.5. The van der Waals surface area contributed by atoms with E-state index in [-0.39, 0.29) is 12.5 Å². The first-order valence-corrected chi connectivity index (χ1v) is 5.15. The molecule has 6 nitrogen and oxygen atoms in total. The molecule has 0 atom stereocenters. The third-order valence-electron chi connectivity index (χ3n) is 1.80. The van der Waals surface area contributed by atoms with Crippen LogP contribution in [0.4, 0.5) is 5.82 Å². The number of amides is 1. The van der Waals surface area contributed by atoms with Crippen molar-refractivity contribution in [3.05, 3.63) is 12.4 Å². The molecule has 1 rings (SSSR count). The van der Waals surface area contributed by atoms with Gasteiger partial charge in [-0.2, -0.15) is 0 Å². The van der Waals surface area contributed by atoms with Gasteiger partial charge in [0.05, 0.1) is 13.2 Å². The van der Waals surface area contributed by atoms with E-state index in [1.807, 2.05) is 6.92 Å². The fourth-order valence-electron chi connectivity index (χ4n) is 0.981. The van der Waals surface area contributed by atoms with Crippen molar-refractivity contribution in [3.63, 3.8) is 0 Å². The lowest BCUT2D eigenvalue weighted by Gasteiger charge is -2.06. The molecule has 1 aromatic heterocycles. The van der Waals surface area contributed by atoms with E-state index < -0.39 is 0 Å². The minimum absolute atomic E-state index is 0.102. The molecule has 0 spiro atoms. The van der Waals surface area contributed by atoms with Crippen LogP contribution in [0.2, 0.25) is 0 Å². The number of hydrogen-bond acceptors (Lipinski definition) is 5. The summed E-state index contributed by atoms with van der Waals surface area (Å²) in [7, 11) is 1.58. The maximum atomic E-state index is 11.0. The van der Waals surface area contributed by atoms with Gasteiger partial charge in [0.15, 0.2) is 0 Å². The Bertz CT molecular complexity index is 343. The summed E-state index contributed by atoms with van der Waals surface area (Å²) in [5.41, 5.74) is 0. The first-order valence-electron chi connectivity index (χ1n) is 5.15. The van der Waals surface area contributed by atoms with Crippen molar-refractivity contribution in [2.45, 2.75) is 13.3 Å². The van der Waals surface area contributed by atoms with Crippen molar-refractivity contribution >= 4 is 11.7 Å². The number of nitrogens with one attached hydrogen (secondary N) is 2. The summed E-state index contributed by atoms with van der Waals surface area (Å²) in [5.74, 6) is 0.982. The van der Waals surface area contributed by atoms with Crippen molar-refractivity contribution < 1.29 is 9.53 Å². The summed E-state index contributed by atoms with van der Waals surface area (Å²) in [6, 6.07) is 1.67. The zero-order valence-corrected chi connectivity index (χ0v) is 9.49. The predicted octanol–water partition coefficient (Wildman–Crippen LogP) is 0.423. The van der Waals surface area contributed by atoms with Crippen molar-refractivity contribution in [2.75, 3.05) is 25.5 Å². The molecule has 0 saturated heterocycles. The van der Waals surface area contributed by atoms with Crippen LogP contribution in [0, 0.1) is 0 Å². The number of ether oxygens (including phenoxy) is 1. The van der Waals surface area contributed by atoms with Crippen LogP contribution >= 0.6 is 0 Å². The predicted molar refractivity (Wildman–Crippen MR) is 60.4 cm³/mol. The van der Waals surface area contributed by atoms with Crippen molar-refractivity contribution in [1.82, 2.24) is 15.3 Å². The zero-order valence-electron chi connectivity index (χ0n) is 9.49. The summed E-state index contributed by atoms with van der Waals surface area (Å²) in [6.45, 7) is 2.82. The Hall–Kier alpha value is -1.85. The number of anilines is 1. The van der Waals surface area contributed by atoms with E-state index >= 15 is 0 Å². The third kappa shape index (κ3) is 4.12. The Morgan fingerprint density at radius 1 is 1.50 bits per heavy atom. The number of likely N-dealkylation sites (N-methyl/N-ethyl adjacent to an activating group) is 1. The van der Waals surface area contributed by atoms with Crippen LogP contribution in [0.5, 0.6) is 5.88 Å². The Kier molecular flexibility index (Phi) is 5.04. The van der Waals surface area contributed by atoms with Crippen LogP contribution < -0.4 is 15.4 Å². The number of nitrogens with zero attached hydrogens (tertiary/aromatic N) is 2. The average Bonchev–Trinajstić information content (AvgIpc) is 2.34. The molecular formula is C10H16N4O2. The van der Waals surface area contributed by atoms with E-state index in [2.05, 4.69) is 20.6 Å². The lowest BCUT2D eigenvalue weighted by molar-refractivity contribution is -0.118. The fraction of sp³-hybridized carbons (Fsp3) is 0.500. The minimum atomic E-state index is -0.102. The van der Waals surface area contributed by atoms with Crippen LogP contribution in [0.15, 0.2) is 12.4 Å². The molecule has 0 aliphatic rings. The molecule has 2 N–H and O–H groups in total. The number of aromatic nitrogens is 2. The molecule has 1 heterocycles. The van der Waals surface area contributed by atoms with Crippen LogP contribution in [0.3, 0.4) is 0 Å². The molecule has 1 amide bonds. The van der Waals surface area contributed by atoms with Crippen LogP contribution in [-0.4, -0.2) is 36.1 Å². The minimum Gasteiger partial charge on any atom is -0.478 e. The first kappa shape index (κ1) is 12.2. The lowest BCUT2D eigenvalue weighted by Crippen LogP contribution is -2.26. The summed E-state index contributed by atoms with van der Waals surface area (Å²) < 4.78 is 5.34. The SMILES string of the molecule is CCCOc1cc(NCC(=O)NC)ncn1. The second kappa shape index (κ2) is 6.60. The fourth-order valence-corrected chi connectivity index (χ4v) is 0.981. The van der Waals surface area contributed by atoms with E-state index in [1.54, 1.807) is 13.1 Å². The van der Waals surface area contributed by atoms with E-state index in [1.165, 1.54) is 6.33 Å². The monoisotopic (exact) mass is 224 g/mol. The molecule has 1 aromatic rings. The standard InChI is InChI=1S/C10H16N4O2/c1-3-4-16-10-5-8(13-7-14-10)12-6-9(15)11-2/h5,7H,3-4,6H2,1-2H3,(H,11,15)(H,12,13,14). The highest BCUT2D eigenvalue weighted by atomic mass is 16.5. The molecule has 0 saturated carbocycles. The quantitative estimate of drug-likeness (QED) is 0.732. The summed E-state index contributed by atoms with van der Waals surface area (Å²) in [5, 5.41) is 5.38. The van der Waals surface area contributed by atoms with Gasteiger partial charge in [-0.1, -0.05) is 6.92 Å². The Labute approximate surface area is 94.4 Å². The van der Waals surface area contributed by atoms with Crippen LogP contribution in [0.25, 0.3) is 0 Å². The molecule has 0 bridgehead atoms. The highest BCUT2D eigenvalue weighted by molar-refractivity contribution is 5.80. The van der Waals surface area contributed by atoms with Gasteiger partial charge in [-0.3, -0.25) is 4.79 Å². The van der Waals surface area contributed by atoms with Gasteiger partial charge in [-0.25, -0.2) is 9.97 Å². The van der Waals surface area contributed by atoms with Crippen LogP contribution in [0.1, 0.15) is 13.3 Å². The molecule has 16 heavy (non-hydrogen) atoms. The number of carbonyl (C=O) groups excluding carboxylic acids is 1. The molecular weight excluding hydrogens is 208 g/mol. The van der Waals surface area contributed by atoms with E-state index in [9.17, 15) is 4.79 Å². The van der Waals surface area contributed by atoms with Crippen molar-refractivity contribution in [2.24, 2.45) is 0 Å². The van der Waals surface area contributed by atoms with Crippen molar-refractivity contribution in [3.8, 4) is 5.88 Å². The number of carbonyl (C=O) groups is 1. The molecule has 6 heteroatoms. The summed E-state index contributed by atoms with van der Waals surface area (Å²) in [6.07, 6.45) is 2.32. The van der Waals surface area contributed by atoms with Gasteiger partial charge in [-0.15, -0.1) is 0 Å². The third-order valence-corrected chi connectivity index (χ3v) is 1.80. The highest BCUT2D eigenvalue weighted by Gasteiger charge is 2.01. The molecule has 0 aliphatic carbocycles. The smallest absolute Gasteiger partial charge is 0.239 e. The number of rotatable bonds is 6. The van der Waals surface area contributed by atoms with Gasteiger partial charge in [0, 0.05) is 13.1 Å². The van der Waals surface area contributed by atoms with Gasteiger partial charge in [0.1, 0.15) is 12.1 Å².